The summed E-state index contributed by atoms with van der Waals surface area (Å²) in [5.74, 6) is 6.89. The normalized spacial score (nSPS) is 14.7. The van der Waals surface area contributed by atoms with Crippen LogP contribution in [0.3, 0.4) is 0 Å². The first kappa shape index (κ1) is 14.5. The maximum absolute atomic E-state index is 11.9. The van der Waals surface area contributed by atoms with Crippen molar-refractivity contribution in [2.24, 2.45) is 5.92 Å². The first-order valence-corrected chi connectivity index (χ1v) is 7.13. The molecule has 0 spiro atoms. The average Bonchev–Trinajstić information content (AvgIpc) is 2.92. The minimum absolute atomic E-state index is 0.0323. The highest BCUT2D eigenvalue weighted by molar-refractivity contribution is 5.90. The number of carbonyl (C=O) groups is 1. The van der Waals surface area contributed by atoms with E-state index >= 15 is 0 Å². The molecule has 0 bridgehead atoms. The molecule has 0 aromatic carbocycles. The van der Waals surface area contributed by atoms with Gasteiger partial charge in [0.2, 0.25) is 5.91 Å². The molecule has 2 N–H and O–H groups in total. The zero-order valence-corrected chi connectivity index (χ0v) is 11.6. The molecule has 4 heteroatoms. The smallest absolute Gasteiger partial charge is 0.225 e. The highest BCUT2D eigenvalue weighted by atomic mass is 16.2. The Balaban J connectivity index is 1.90. The van der Waals surface area contributed by atoms with Crippen molar-refractivity contribution < 1.29 is 9.90 Å². The Labute approximate surface area is 119 Å². The molecular weight excluding hydrogens is 252 g/mol. The Bertz CT molecular complexity index is 511. The number of aromatic nitrogens is 1. The fraction of sp³-hybridized carbons (Fsp3) is 0.500. The average molecular weight is 272 g/mol. The van der Waals surface area contributed by atoms with Gasteiger partial charge in [-0.1, -0.05) is 24.7 Å². The number of amides is 1. The molecule has 1 heterocycles. The number of hydrogen-bond donors (Lipinski definition) is 2. The molecule has 0 saturated heterocycles. The number of carbonyl (C=O) groups excluding carboxylic acids is 1. The molecule has 2 rings (SSSR count). The molecule has 4 nitrogen and oxygen atoms in total. The van der Waals surface area contributed by atoms with E-state index in [1.807, 2.05) is 0 Å². The van der Waals surface area contributed by atoms with Crippen molar-refractivity contribution in [2.75, 3.05) is 11.9 Å². The van der Waals surface area contributed by atoms with Crippen molar-refractivity contribution in [1.29, 1.82) is 0 Å². The minimum Gasteiger partial charge on any atom is -0.395 e. The summed E-state index contributed by atoms with van der Waals surface area (Å²) in [5, 5.41) is 11.5. The SMILES string of the molecule is O=C(CC1CCCC1)Nc1cc(C#CCCO)ccn1. The lowest BCUT2D eigenvalue weighted by Crippen LogP contribution is -2.15. The monoisotopic (exact) mass is 272 g/mol. The van der Waals surface area contributed by atoms with E-state index in [9.17, 15) is 4.79 Å². The molecule has 1 aliphatic rings. The van der Waals surface area contributed by atoms with Gasteiger partial charge in [-0.25, -0.2) is 4.98 Å². The lowest BCUT2D eigenvalue weighted by atomic mass is 10.0. The van der Waals surface area contributed by atoms with Gasteiger partial charge in [0.25, 0.3) is 0 Å². The molecular formula is C16H20N2O2. The number of nitrogens with zero attached hydrogens (tertiary/aromatic N) is 1. The maximum Gasteiger partial charge on any atom is 0.225 e. The zero-order valence-electron chi connectivity index (χ0n) is 11.6. The van der Waals surface area contributed by atoms with E-state index in [-0.39, 0.29) is 12.5 Å². The molecule has 1 amide bonds. The van der Waals surface area contributed by atoms with Crippen molar-refractivity contribution in [3.8, 4) is 11.8 Å². The number of anilines is 1. The molecule has 1 saturated carbocycles. The summed E-state index contributed by atoms with van der Waals surface area (Å²) < 4.78 is 0. The number of aliphatic hydroxyl groups is 1. The van der Waals surface area contributed by atoms with Crippen molar-refractivity contribution in [2.45, 2.75) is 38.5 Å². The minimum atomic E-state index is 0.0323. The van der Waals surface area contributed by atoms with E-state index < -0.39 is 0 Å². The summed E-state index contributed by atoms with van der Waals surface area (Å²) in [4.78, 5) is 16.1. The largest absolute Gasteiger partial charge is 0.395 e. The van der Waals surface area contributed by atoms with Gasteiger partial charge in [-0.3, -0.25) is 4.79 Å². The zero-order chi connectivity index (χ0) is 14.2. The second-order valence-electron chi connectivity index (χ2n) is 5.11. The molecule has 1 aromatic heterocycles. The fourth-order valence-electron chi connectivity index (χ4n) is 2.47. The third kappa shape index (κ3) is 4.67. The van der Waals surface area contributed by atoms with Crippen molar-refractivity contribution in [3.05, 3.63) is 23.9 Å². The van der Waals surface area contributed by atoms with Crippen molar-refractivity contribution >= 4 is 11.7 Å². The van der Waals surface area contributed by atoms with E-state index in [2.05, 4.69) is 22.1 Å². The molecule has 1 aliphatic carbocycles. The van der Waals surface area contributed by atoms with E-state index in [0.29, 0.717) is 24.6 Å². The van der Waals surface area contributed by atoms with Crippen LogP contribution in [0.15, 0.2) is 18.3 Å². The van der Waals surface area contributed by atoms with Crippen LogP contribution in [-0.4, -0.2) is 22.6 Å². The standard InChI is InChI=1S/C16H20N2O2/c19-10-4-3-7-14-8-9-17-15(11-14)18-16(20)12-13-5-1-2-6-13/h8-9,11,13,19H,1-2,4-6,10,12H2,(H,17,18,20). The number of rotatable bonds is 4. The molecule has 106 valence electrons. The van der Waals surface area contributed by atoms with Crippen LogP contribution < -0.4 is 5.32 Å². The molecule has 1 aromatic rings. The topological polar surface area (TPSA) is 62.2 Å². The second kappa shape index (κ2) is 7.66. The van der Waals surface area contributed by atoms with Gasteiger partial charge in [0.05, 0.1) is 6.61 Å². The van der Waals surface area contributed by atoms with Crippen LogP contribution in [0.5, 0.6) is 0 Å². The van der Waals surface area contributed by atoms with Gasteiger partial charge < -0.3 is 10.4 Å². The lowest BCUT2D eigenvalue weighted by molar-refractivity contribution is -0.117. The summed E-state index contributed by atoms with van der Waals surface area (Å²) >= 11 is 0. The second-order valence-corrected chi connectivity index (χ2v) is 5.11. The van der Waals surface area contributed by atoms with E-state index in [1.54, 1.807) is 18.3 Å². The summed E-state index contributed by atoms with van der Waals surface area (Å²) in [5.41, 5.74) is 0.796. The van der Waals surface area contributed by atoms with Crippen LogP contribution in [0, 0.1) is 17.8 Å². The van der Waals surface area contributed by atoms with E-state index in [4.69, 9.17) is 5.11 Å². The summed E-state index contributed by atoms with van der Waals surface area (Å²) in [6, 6.07) is 3.55. The first-order chi connectivity index (χ1) is 9.78. The summed E-state index contributed by atoms with van der Waals surface area (Å²) in [7, 11) is 0. The van der Waals surface area contributed by atoms with E-state index in [0.717, 1.165) is 18.4 Å². The molecule has 0 aliphatic heterocycles. The van der Waals surface area contributed by atoms with Crippen LogP contribution in [0.4, 0.5) is 5.82 Å². The summed E-state index contributed by atoms with van der Waals surface area (Å²) in [6.07, 6.45) is 7.47. The molecule has 20 heavy (non-hydrogen) atoms. The Morgan fingerprint density at radius 3 is 3.00 bits per heavy atom. The van der Waals surface area contributed by atoms with Crippen LogP contribution in [-0.2, 0) is 4.79 Å². The van der Waals surface area contributed by atoms with Crippen molar-refractivity contribution in [3.63, 3.8) is 0 Å². The number of hydrogen-bond acceptors (Lipinski definition) is 3. The number of pyridine rings is 1. The maximum atomic E-state index is 11.9. The Hall–Kier alpha value is -1.86. The third-order valence-corrected chi connectivity index (χ3v) is 3.45. The van der Waals surface area contributed by atoms with E-state index in [1.165, 1.54) is 12.8 Å². The van der Waals surface area contributed by atoms with Gasteiger partial charge in [-0.05, 0) is 30.9 Å². The molecule has 0 radical (unpaired) electrons. The van der Waals surface area contributed by atoms with Gasteiger partial charge in [0, 0.05) is 24.6 Å². The highest BCUT2D eigenvalue weighted by Crippen LogP contribution is 2.27. The third-order valence-electron chi connectivity index (χ3n) is 3.45. The quantitative estimate of drug-likeness (QED) is 0.827. The first-order valence-electron chi connectivity index (χ1n) is 7.13. The lowest BCUT2D eigenvalue weighted by Gasteiger charge is -2.09. The predicted molar refractivity (Wildman–Crippen MR) is 78.0 cm³/mol. The van der Waals surface area contributed by atoms with Crippen LogP contribution in [0.1, 0.15) is 44.1 Å². The fourth-order valence-corrected chi connectivity index (χ4v) is 2.47. The number of aliphatic hydroxyl groups excluding tert-OH is 1. The van der Waals surface area contributed by atoms with Gasteiger partial charge >= 0.3 is 0 Å². The van der Waals surface area contributed by atoms with Gasteiger partial charge in [-0.15, -0.1) is 0 Å². The van der Waals surface area contributed by atoms with Crippen LogP contribution in [0.2, 0.25) is 0 Å². The Kier molecular flexibility index (Phi) is 5.57. The van der Waals surface area contributed by atoms with Gasteiger partial charge in [-0.2, -0.15) is 0 Å². The van der Waals surface area contributed by atoms with Crippen LogP contribution >= 0.6 is 0 Å². The van der Waals surface area contributed by atoms with Crippen molar-refractivity contribution in [1.82, 2.24) is 4.98 Å². The van der Waals surface area contributed by atoms with Gasteiger partial charge in [0.1, 0.15) is 5.82 Å². The molecule has 0 atom stereocenters. The summed E-state index contributed by atoms with van der Waals surface area (Å²) in [6.45, 7) is 0.0586. The van der Waals surface area contributed by atoms with Gasteiger partial charge in [0.15, 0.2) is 0 Å². The number of nitrogens with one attached hydrogen (secondary N) is 1. The molecule has 1 fully saturated rings. The molecule has 0 unspecified atom stereocenters. The van der Waals surface area contributed by atoms with Crippen LogP contribution in [0.25, 0.3) is 0 Å². The predicted octanol–water partition coefficient (Wildman–Crippen LogP) is 2.33. The highest BCUT2D eigenvalue weighted by Gasteiger charge is 2.18. The Morgan fingerprint density at radius 2 is 2.25 bits per heavy atom. The Morgan fingerprint density at radius 1 is 1.45 bits per heavy atom.